The molecule has 1 rings (SSSR count). The lowest BCUT2D eigenvalue weighted by Crippen LogP contribution is -2.33. The molecule has 0 radical (unpaired) electrons. The monoisotopic (exact) mass is 345 g/mol. The first-order valence-corrected chi connectivity index (χ1v) is 7.58. The van der Waals surface area contributed by atoms with Crippen LogP contribution in [0.2, 0.25) is 0 Å². The predicted octanol–water partition coefficient (Wildman–Crippen LogP) is 4.14. The van der Waals surface area contributed by atoms with Gasteiger partial charge in [0.25, 0.3) is 0 Å². The molecule has 0 aliphatic heterocycles. The molecule has 0 amide bonds. The van der Waals surface area contributed by atoms with Crippen molar-refractivity contribution in [3.8, 4) is 0 Å². The van der Waals surface area contributed by atoms with Crippen molar-refractivity contribution >= 4 is 11.7 Å². The number of ether oxygens (including phenoxy) is 1. The highest BCUT2D eigenvalue weighted by atomic mass is 19.4. The summed E-state index contributed by atoms with van der Waals surface area (Å²) in [7, 11) is 0. The predicted molar refractivity (Wildman–Crippen MR) is 84.6 cm³/mol. The van der Waals surface area contributed by atoms with Gasteiger partial charge in [0.15, 0.2) is 0 Å². The molecule has 4 nitrogen and oxygen atoms in total. The Hall–Kier alpha value is -2.05. The summed E-state index contributed by atoms with van der Waals surface area (Å²) in [5, 5.41) is 3.91. The van der Waals surface area contributed by atoms with Gasteiger partial charge < -0.3 is 9.57 Å². The van der Waals surface area contributed by atoms with Gasteiger partial charge in [0.05, 0.1) is 5.71 Å². The lowest BCUT2D eigenvalue weighted by molar-refractivity contribution is -0.201. The maximum atomic E-state index is 12.1. The first-order valence-electron chi connectivity index (χ1n) is 7.58. The molecule has 24 heavy (non-hydrogen) atoms. The third-order valence-corrected chi connectivity index (χ3v) is 3.52. The quantitative estimate of drug-likeness (QED) is 0.308. The number of nitrogens with zero attached hydrogens (tertiary/aromatic N) is 1. The molecular formula is C17H22F3NO3. The second kappa shape index (κ2) is 8.70. The second-order valence-corrected chi connectivity index (χ2v) is 6.06. The summed E-state index contributed by atoms with van der Waals surface area (Å²) in [5.41, 5.74) is 0.804. The number of hydrogen-bond donors (Lipinski definition) is 0. The van der Waals surface area contributed by atoms with E-state index < -0.39 is 24.2 Å². The van der Waals surface area contributed by atoms with Crippen molar-refractivity contribution in [2.45, 2.75) is 39.8 Å². The van der Waals surface area contributed by atoms with E-state index in [0.717, 1.165) is 12.8 Å². The van der Waals surface area contributed by atoms with Crippen molar-refractivity contribution in [3.05, 3.63) is 35.9 Å². The third-order valence-electron chi connectivity index (χ3n) is 3.52. The molecule has 0 bridgehead atoms. The number of hydrogen-bond acceptors (Lipinski definition) is 4. The molecule has 0 aliphatic rings. The van der Waals surface area contributed by atoms with E-state index in [1.54, 1.807) is 20.8 Å². The van der Waals surface area contributed by atoms with E-state index >= 15 is 0 Å². The summed E-state index contributed by atoms with van der Waals surface area (Å²) in [6.45, 7) is 4.85. The Morgan fingerprint density at radius 1 is 1.17 bits per heavy atom. The van der Waals surface area contributed by atoms with Crippen LogP contribution in [0.1, 0.15) is 32.8 Å². The SMILES string of the molecule is C/C(=N\OCCCc1ccccc1)C(C)(C)COC(=O)C(F)(F)F. The minimum Gasteiger partial charge on any atom is -0.458 e. The van der Waals surface area contributed by atoms with Crippen LogP contribution in [0.3, 0.4) is 0 Å². The van der Waals surface area contributed by atoms with Crippen LogP contribution in [0.15, 0.2) is 35.5 Å². The molecule has 134 valence electrons. The van der Waals surface area contributed by atoms with Gasteiger partial charge in [0.1, 0.15) is 13.2 Å². The molecule has 0 atom stereocenters. The number of oxime groups is 1. The second-order valence-electron chi connectivity index (χ2n) is 6.06. The summed E-state index contributed by atoms with van der Waals surface area (Å²) in [6, 6.07) is 9.91. The van der Waals surface area contributed by atoms with Crippen LogP contribution in [0.4, 0.5) is 13.2 Å². The summed E-state index contributed by atoms with van der Waals surface area (Å²) in [6.07, 6.45) is -3.37. The molecule has 0 heterocycles. The number of benzene rings is 1. The third kappa shape index (κ3) is 7.02. The first kappa shape index (κ1) is 20.0. The maximum absolute atomic E-state index is 12.1. The minimum absolute atomic E-state index is 0.394. The molecule has 0 N–H and O–H groups in total. The molecular weight excluding hydrogens is 323 g/mol. The number of rotatable bonds is 8. The largest absolute Gasteiger partial charge is 0.490 e. The first-order chi connectivity index (χ1) is 11.1. The van der Waals surface area contributed by atoms with Crippen LogP contribution in [0, 0.1) is 5.41 Å². The van der Waals surface area contributed by atoms with Crippen LogP contribution < -0.4 is 0 Å². The maximum Gasteiger partial charge on any atom is 0.490 e. The molecule has 0 fully saturated rings. The molecule has 0 aromatic heterocycles. The fourth-order valence-corrected chi connectivity index (χ4v) is 1.68. The average Bonchev–Trinajstić information content (AvgIpc) is 2.52. The standard InChI is InChI=1S/C17H22F3NO3/c1-13(16(2,3)12-23-15(22)17(18,19)20)21-24-11-7-10-14-8-5-4-6-9-14/h4-6,8-9H,7,10-12H2,1-3H3/b21-13+. The van der Waals surface area contributed by atoms with Crippen molar-refractivity contribution in [1.29, 1.82) is 0 Å². The van der Waals surface area contributed by atoms with Crippen molar-refractivity contribution in [2.24, 2.45) is 10.6 Å². The summed E-state index contributed by atoms with van der Waals surface area (Å²) < 4.78 is 40.6. The van der Waals surface area contributed by atoms with Gasteiger partial charge in [-0.25, -0.2) is 4.79 Å². The van der Waals surface area contributed by atoms with Crippen LogP contribution in [-0.2, 0) is 20.8 Å². The Bertz CT molecular complexity index is 554. The molecule has 0 aliphatic carbocycles. The zero-order valence-corrected chi connectivity index (χ0v) is 14.0. The van der Waals surface area contributed by atoms with Crippen LogP contribution >= 0.6 is 0 Å². The van der Waals surface area contributed by atoms with E-state index in [-0.39, 0.29) is 0 Å². The lowest BCUT2D eigenvalue weighted by atomic mass is 9.89. The zero-order chi connectivity index (χ0) is 18.2. The normalized spacial score (nSPS) is 12.8. The number of esters is 1. The van der Waals surface area contributed by atoms with E-state index in [1.807, 2.05) is 30.3 Å². The Labute approximate surface area is 139 Å². The molecule has 7 heteroatoms. The summed E-state index contributed by atoms with van der Waals surface area (Å²) >= 11 is 0. The fraction of sp³-hybridized carbons (Fsp3) is 0.529. The molecule has 1 aromatic carbocycles. The molecule has 1 aromatic rings. The lowest BCUT2D eigenvalue weighted by Gasteiger charge is -2.23. The molecule has 0 saturated carbocycles. The number of aryl methyl sites for hydroxylation is 1. The van der Waals surface area contributed by atoms with E-state index in [4.69, 9.17) is 4.84 Å². The fourth-order valence-electron chi connectivity index (χ4n) is 1.68. The van der Waals surface area contributed by atoms with Crippen molar-refractivity contribution in [1.82, 2.24) is 0 Å². The van der Waals surface area contributed by atoms with Gasteiger partial charge >= 0.3 is 12.1 Å². The van der Waals surface area contributed by atoms with Crippen LogP contribution in [0.25, 0.3) is 0 Å². The molecule has 0 spiro atoms. The molecule has 0 unspecified atom stereocenters. The highest BCUT2D eigenvalue weighted by Crippen LogP contribution is 2.22. The van der Waals surface area contributed by atoms with E-state index in [0.29, 0.717) is 12.3 Å². The van der Waals surface area contributed by atoms with E-state index in [1.165, 1.54) is 5.56 Å². The zero-order valence-electron chi connectivity index (χ0n) is 14.0. The van der Waals surface area contributed by atoms with Gasteiger partial charge in [0.2, 0.25) is 0 Å². The van der Waals surface area contributed by atoms with Gasteiger partial charge in [-0.1, -0.05) is 49.3 Å². The highest BCUT2D eigenvalue weighted by Gasteiger charge is 2.42. The minimum atomic E-state index is -4.99. The van der Waals surface area contributed by atoms with Crippen LogP contribution in [-0.4, -0.2) is 31.1 Å². The summed E-state index contributed by atoms with van der Waals surface area (Å²) in [5.74, 6) is -2.20. The van der Waals surface area contributed by atoms with E-state index in [9.17, 15) is 18.0 Å². The topological polar surface area (TPSA) is 47.9 Å². The molecule has 0 saturated heterocycles. The van der Waals surface area contributed by atoms with E-state index in [2.05, 4.69) is 9.89 Å². The number of carbonyl (C=O) groups is 1. The van der Waals surface area contributed by atoms with Gasteiger partial charge in [0, 0.05) is 5.41 Å². The number of carbonyl (C=O) groups excluding carboxylic acids is 1. The van der Waals surface area contributed by atoms with Crippen molar-refractivity contribution in [3.63, 3.8) is 0 Å². The Balaban J connectivity index is 2.36. The average molecular weight is 345 g/mol. The van der Waals surface area contributed by atoms with Crippen molar-refractivity contribution in [2.75, 3.05) is 13.2 Å². The number of halogens is 3. The van der Waals surface area contributed by atoms with Gasteiger partial charge in [-0.3, -0.25) is 0 Å². The summed E-state index contributed by atoms with van der Waals surface area (Å²) in [4.78, 5) is 16.0. The Kier molecular flexibility index (Phi) is 7.25. The van der Waals surface area contributed by atoms with Crippen molar-refractivity contribution < 1.29 is 27.5 Å². The Morgan fingerprint density at radius 2 is 1.79 bits per heavy atom. The van der Waals surface area contributed by atoms with Gasteiger partial charge in [-0.2, -0.15) is 13.2 Å². The Morgan fingerprint density at radius 3 is 2.38 bits per heavy atom. The smallest absolute Gasteiger partial charge is 0.458 e. The van der Waals surface area contributed by atoms with Crippen LogP contribution in [0.5, 0.6) is 0 Å². The van der Waals surface area contributed by atoms with Gasteiger partial charge in [-0.05, 0) is 25.3 Å². The van der Waals surface area contributed by atoms with Gasteiger partial charge in [-0.15, -0.1) is 0 Å². The highest BCUT2D eigenvalue weighted by molar-refractivity contribution is 5.87. The number of alkyl halides is 3.